The molecule has 1 N–H and O–H groups in total. The monoisotopic (exact) mass is 353 g/mol. The van der Waals surface area contributed by atoms with Crippen molar-refractivity contribution in [1.82, 2.24) is 0 Å². The molecule has 2 rings (SSSR count). The van der Waals surface area contributed by atoms with Crippen LogP contribution in [0.2, 0.25) is 10.0 Å². The van der Waals surface area contributed by atoms with Crippen molar-refractivity contribution in [2.45, 2.75) is 33.1 Å². The maximum atomic E-state index is 13.8. The molecule has 0 aliphatic heterocycles. The van der Waals surface area contributed by atoms with E-state index in [0.29, 0.717) is 11.4 Å². The van der Waals surface area contributed by atoms with Gasteiger partial charge in [0.15, 0.2) is 0 Å². The van der Waals surface area contributed by atoms with Crippen LogP contribution >= 0.6 is 23.2 Å². The number of aryl methyl sites for hydroxylation is 1. The van der Waals surface area contributed by atoms with E-state index in [-0.39, 0.29) is 22.9 Å². The standard InChI is InChI=1S/C18H18Cl2FNO/c1-3-11-8-9-15(20)12(4-2)18(11)22-17(23)10-13-14(19)6-5-7-16(13)21/h5-9H,3-4,10H2,1-2H3,(H,22,23). The highest BCUT2D eigenvalue weighted by Crippen LogP contribution is 2.30. The van der Waals surface area contributed by atoms with Crippen molar-refractivity contribution in [2.75, 3.05) is 5.32 Å². The molecule has 23 heavy (non-hydrogen) atoms. The molecule has 122 valence electrons. The lowest BCUT2D eigenvalue weighted by Crippen LogP contribution is -2.18. The number of hydrogen-bond donors (Lipinski definition) is 1. The summed E-state index contributed by atoms with van der Waals surface area (Å²) in [4.78, 5) is 12.4. The van der Waals surface area contributed by atoms with Gasteiger partial charge in [-0.3, -0.25) is 4.79 Å². The zero-order chi connectivity index (χ0) is 17.0. The van der Waals surface area contributed by atoms with Crippen molar-refractivity contribution < 1.29 is 9.18 Å². The van der Waals surface area contributed by atoms with Crippen LogP contribution in [0.15, 0.2) is 30.3 Å². The molecule has 2 nitrogen and oxygen atoms in total. The average molecular weight is 354 g/mol. The first-order valence-electron chi connectivity index (χ1n) is 7.50. The Morgan fingerprint density at radius 3 is 2.35 bits per heavy atom. The van der Waals surface area contributed by atoms with E-state index in [4.69, 9.17) is 23.2 Å². The Balaban J connectivity index is 2.29. The predicted molar refractivity (Wildman–Crippen MR) is 94.0 cm³/mol. The normalized spacial score (nSPS) is 10.7. The summed E-state index contributed by atoms with van der Waals surface area (Å²) in [5.74, 6) is -0.797. The fourth-order valence-corrected chi connectivity index (χ4v) is 3.03. The van der Waals surface area contributed by atoms with Gasteiger partial charge in [-0.2, -0.15) is 0 Å². The second-order valence-electron chi connectivity index (χ2n) is 5.19. The largest absolute Gasteiger partial charge is 0.325 e. The van der Waals surface area contributed by atoms with Crippen LogP contribution in [0.4, 0.5) is 10.1 Å². The molecule has 0 fully saturated rings. The van der Waals surface area contributed by atoms with E-state index in [1.165, 1.54) is 12.1 Å². The molecular formula is C18H18Cl2FNO. The lowest BCUT2D eigenvalue weighted by atomic mass is 10.0. The first-order valence-corrected chi connectivity index (χ1v) is 8.26. The lowest BCUT2D eigenvalue weighted by molar-refractivity contribution is -0.115. The highest BCUT2D eigenvalue weighted by molar-refractivity contribution is 6.32. The molecule has 0 aliphatic carbocycles. The summed E-state index contributed by atoms with van der Waals surface area (Å²) in [5.41, 5.74) is 2.81. The molecule has 0 spiro atoms. The first-order chi connectivity index (χ1) is 11.0. The molecule has 0 aliphatic rings. The molecule has 0 atom stereocenters. The molecule has 0 bridgehead atoms. The fraction of sp³-hybridized carbons (Fsp3) is 0.278. The average Bonchev–Trinajstić information content (AvgIpc) is 2.51. The van der Waals surface area contributed by atoms with Crippen LogP contribution in [0.1, 0.15) is 30.5 Å². The van der Waals surface area contributed by atoms with Gasteiger partial charge in [0.05, 0.1) is 6.42 Å². The number of carbonyl (C=O) groups is 1. The van der Waals surface area contributed by atoms with E-state index in [9.17, 15) is 9.18 Å². The molecule has 1 amide bonds. The van der Waals surface area contributed by atoms with Crippen molar-refractivity contribution in [1.29, 1.82) is 0 Å². The van der Waals surface area contributed by atoms with E-state index in [1.54, 1.807) is 6.07 Å². The minimum Gasteiger partial charge on any atom is -0.325 e. The molecular weight excluding hydrogens is 336 g/mol. The van der Waals surface area contributed by atoms with Crippen molar-refractivity contribution in [2.24, 2.45) is 0 Å². The molecule has 0 heterocycles. The van der Waals surface area contributed by atoms with Gasteiger partial charge in [-0.05, 0) is 42.2 Å². The second kappa shape index (κ2) is 7.80. The van der Waals surface area contributed by atoms with Gasteiger partial charge in [0.1, 0.15) is 5.82 Å². The Bertz CT molecular complexity index is 711. The van der Waals surface area contributed by atoms with Crippen LogP contribution in [0.25, 0.3) is 0 Å². The molecule has 0 aromatic heterocycles. The van der Waals surface area contributed by atoms with Gasteiger partial charge < -0.3 is 5.32 Å². The smallest absolute Gasteiger partial charge is 0.228 e. The maximum Gasteiger partial charge on any atom is 0.228 e. The fourth-order valence-electron chi connectivity index (χ4n) is 2.51. The van der Waals surface area contributed by atoms with E-state index in [2.05, 4.69) is 5.32 Å². The summed E-state index contributed by atoms with van der Waals surface area (Å²) in [6.45, 7) is 3.98. The quantitative estimate of drug-likeness (QED) is 0.761. The number of carbonyl (C=O) groups excluding carboxylic acids is 1. The minimum atomic E-state index is -0.481. The van der Waals surface area contributed by atoms with Crippen LogP contribution in [0, 0.1) is 5.82 Å². The van der Waals surface area contributed by atoms with Crippen LogP contribution in [-0.2, 0) is 24.1 Å². The van der Waals surface area contributed by atoms with Crippen LogP contribution in [0.3, 0.4) is 0 Å². The van der Waals surface area contributed by atoms with Gasteiger partial charge in [-0.15, -0.1) is 0 Å². The first kappa shape index (κ1) is 17.8. The predicted octanol–water partition coefficient (Wildman–Crippen LogP) is 5.44. The zero-order valence-electron chi connectivity index (χ0n) is 13.1. The molecule has 0 saturated heterocycles. The molecule has 2 aromatic rings. The van der Waals surface area contributed by atoms with Gasteiger partial charge in [-0.1, -0.05) is 49.2 Å². The van der Waals surface area contributed by atoms with Crippen LogP contribution < -0.4 is 5.32 Å². The molecule has 5 heteroatoms. The van der Waals surface area contributed by atoms with Gasteiger partial charge in [0.2, 0.25) is 5.91 Å². The third-order valence-corrected chi connectivity index (χ3v) is 4.45. The number of hydrogen-bond acceptors (Lipinski definition) is 1. The number of anilines is 1. The third kappa shape index (κ3) is 4.04. The Labute approximate surface area is 145 Å². The Morgan fingerprint density at radius 2 is 1.74 bits per heavy atom. The number of rotatable bonds is 5. The Kier molecular flexibility index (Phi) is 6.03. The molecule has 0 saturated carbocycles. The lowest BCUT2D eigenvalue weighted by Gasteiger charge is -2.16. The summed E-state index contributed by atoms with van der Waals surface area (Å²) in [6, 6.07) is 8.11. The zero-order valence-corrected chi connectivity index (χ0v) is 14.6. The molecule has 2 aromatic carbocycles. The van der Waals surface area contributed by atoms with Crippen molar-refractivity contribution in [3.8, 4) is 0 Å². The summed E-state index contributed by atoms with van der Waals surface area (Å²) in [6.07, 6.45) is 1.34. The SMILES string of the molecule is CCc1ccc(Cl)c(CC)c1NC(=O)Cc1c(F)cccc1Cl. The summed E-state index contributed by atoms with van der Waals surface area (Å²) >= 11 is 12.2. The minimum absolute atomic E-state index is 0.121. The van der Waals surface area contributed by atoms with Gasteiger partial charge in [0.25, 0.3) is 0 Å². The Morgan fingerprint density at radius 1 is 1.04 bits per heavy atom. The summed E-state index contributed by atoms with van der Waals surface area (Å²) < 4.78 is 13.8. The van der Waals surface area contributed by atoms with Crippen molar-refractivity contribution in [3.05, 3.63) is 62.9 Å². The van der Waals surface area contributed by atoms with Crippen LogP contribution in [-0.4, -0.2) is 5.91 Å². The number of halogens is 3. The van der Waals surface area contributed by atoms with Crippen LogP contribution in [0.5, 0.6) is 0 Å². The van der Waals surface area contributed by atoms with E-state index in [1.807, 2.05) is 26.0 Å². The molecule has 0 radical (unpaired) electrons. The van der Waals surface area contributed by atoms with Gasteiger partial charge in [-0.25, -0.2) is 4.39 Å². The van der Waals surface area contributed by atoms with Gasteiger partial charge in [0, 0.05) is 21.3 Å². The summed E-state index contributed by atoms with van der Waals surface area (Å²) in [7, 11) is 0. The number of nitrogens with one attached hydrogen (secondary N) is 1. The Hall–Kier alpha value is -1.58. The highest BCUT2D eigenvalue weighted by atomic mass is 35.5. The van der Waals surface area contributed by atoms with E-state index < -0.39 is 5.82 Å². The van der Waals surface area contributed by atoms with Crippen molar-refractivity contribution >= 4 is 34.8 Å². The third-order valence-electron chi connectivity index (χ3n) is 3.74. The number of amides is 1. The molecule has 0 unspecified atom stereocenters. The second-order valence-corrected chi connectivity index (χ2v) is 6.01. The van der Waals surface area contributed by atoms with Gasteiger partial charge >= 0.3 is 0 Å². The van der Waals surface area contributed by atoms with E-state index in [0.717, 1.165) is 23.2 Å². The highest BCUT2D eigenvalue weighted by Gasteiger charge is 2.16. The number of benzene rings is 2. The maximum absolute atomic E-state index is 13.8. The summed E-state index contributed by atoms with van der Waals surface area (Å²) in [5, 5.41) is 3.74. The van der Waals surface area contributed by atoms with Crippen molar-refractivity contribution in [3.63, 3.8) is 0 Å². The topological polar surface area (TPSA) is 29.1 Å². The van der Waals surface area contributed by atoms with E-state index >= 15 is 0 Å².